The van der Waals surface area contributed by atoms with Gasteiger partial charge in [-0.2, -0.15) is 8.42 Å². The molecule has 3 N–H and O–H groups in total. The van der Waals surface area contributed by atoms with Crippen molar-refractivity contribution < 1.29 is 18.3 Å². The average molecular weight is 280 g/mol. The summed E-state index contributed by atoms with van der Waals surface area (Å²) in [6.45, 7) is 6.50. The van der Waals surface area contributed by atoms with Crippen molar-refractivity contribution in [3.05, 3.63) is 0 Å². The summed E-state index contributed by atoms with van der Waals surface area (Å²) in [7, 11) is -3.42. The standard InChI is InChI=1S/C11H24N2O4S/c1-9(2)8-13-18(16,17)12-7-6-10(3)4-5-11(14)15/h9-10,12-13H,4-8H2,1-3H3,(H,14,15). The third-order valence-corrected chi connectivity index (χ3v) is 3.59. The van der Waals surface area contributed by atoms with Gasteiger partial charge in [0.1, 0.15) is 0 Å². The largest absolute Gasteiger partial charge is 0.481 e. The molecule has 1 atom stereocenters. The molecule has 7 heteroatoms. The first-order valence-electron chi connectivity index (χ1n) is 6.19. The Morgan fingerprint density at radius 2 is 1.78 bits per heavy atom. The quantitative estimate of drug-likeness (QED) is 0.555. The highest BCUT2D eigenvalue weighted by Gasteiger charge is 2.11. The molecule has 0 bridgehead atoms. The van der Waals surface area contributed by atoms with Crippen molar-refractivity contribution in [2.45, 2.75) is 40.0 Å². The number of carboxylic acid groups (broad SMARTS) is 1. The lowest BCUT2D eigenvalue weighted by Crippen LogP contribution is -2.39. The summed E-state index contributed by atoms with van der Waals surface area (Å²) in [5, 5.41) is 8.52. The number of aliphatic carboxylic acids is 1. The van der Waals surface area contributed by atoms with E-state index < -0.39 is 16.2 Å². The second kappa shape index (κ2) is 8.44. The van der Waals surface area contributed by atoms with Crippen molar-refractivity contribution in [2.24, 2.45) is 11.8 Å². The van der Waals surface area contributed by atoms with Crippen molar-refractivity contribution >= 4 is 16.2 Å². The molecule has 0 saturated heterocycles. The summed E-state index contributed by atoms with van der Waals surface area (Å²) in [5.41, 5.74) is 0. The van der Waals surface area contributed by atoms with Crippen LogP contribution in [0.5, 0.6) is 0 Å². The van der Waals surface area contributed by atoms with E-state index in [1.165, 1.54) is 0 Å². The Bertz CT molecular complexity index is 341. The van der Waals surface area contributed by atoms with E-state index in [9.17, 15) is 13.2 Å². The molecule has 0 aromatic heterocycles. The third kappa shape index (κ3) is 10.5. The van der Waals surface area contributed by atoms with Crippen LogP contribution in [0.25, 0.3) is 0 Å². The lowest BCUT2D eigenvalue weighted by molar-refractivity contribution is -0.137. The van der Waals surface area contributed by atoms with E-state index in [0.29, 0.717) is 25.9 Å². The van der Waals surface area contributed by atoms with Crippen LogP contribution in [0, 0.1) is 11.8 Å². The van der Waals surface area contributed by atoms with Crippen molar-refractivity contribution in [3.63, 3.8) is 0 Å². The van der Waals surface area contributed by atoms with Crippen LogP contribution in [-0.4, -0.2) is 32.6 Å². The molecule has 0 heterocycles. The molecule has 0 saturated carbocycles. The minimum absolute atomic E-state index is 0.125. The first-order valence-corrected chi connectivity index (χ1v) is 7.67. The first-order chi connectivity index (χ1) is 8.23. The zero-order valence-electron chi connectivity index (χ0n) is 11.3. The second-order valence-corrected chi connectivity index (χ2v) is 6.55. The number of nitrogens with one attached hydrogen (secondary N) is 2. The zero-order chi connectivity index (χ0) is 14.2. The predicted molar refractivity (Wildman–Crippen MR) is 70.4 cm³/mol. The van der Waals surface area contributed by atoms with Crippen LogP contribution in [0.2, 0.25) is 0 Å². The summed E-state index contributed by atoms with van der Waals surface area (Å²) in [4.78, 5) is 10.4. The normalized spacial score (nSPS) is 13.8. The molecule has 0 fully saturated rings. The highest BCUT2D eigenvalue weighted by molar-refractivity contribution is 7.87. The molecular formula is C11H24N2O4S. The number of hydrogen-bond donors (Lipinski definition) is 3. The maximum absolute atomic E-state index is 11.5. The molecule has 0 aliphatic carbocycles. The van der Waals surface area contributed by atoms with Crippen molar-refractivity contribution in [2.75, 3.05) is 13.1 Å². The minimum Gasteiger partial charge on any atom is -0.481 e. The summed E-state index contributed by atoms with van der Waals surface area (Å²) in [5.74, 6) is -0.369. The predicted octanol–water partition coefficient (Wildman–Crippen LogP) is 0.957. The highest BCUT2D eigenvalue weighted by Crippen LogP contribution is 2.09. The first kappa shape index (κ1) is 17.3. The second-order valence-electron chi connectivity index (χ2n) is 4.97. The van der Waals surface area contributed by atoms with Gasteiger partial charge in [-0.3, -0.25) is 4.79 Å². The topological polar surface area (TPSA) is 95.5 Å². The van der Waals surface area contributed by atoms with Crippen molar-refractivity contribution in [1.82, 2.24) is 9.44 Å². The average Bonchev–Trinajstić information content (AvgIpc) is 2.23. The van der Waals surface area contributed by atoms with Gasteiger partial charge in [-0.05, 0) is 24.7 Å². The number of hydrogen-bond acceptors (Lipinski definition) is 3. The van der Waals surface area contributed by atoms with Crippen molar-refractivity contribution in [3.8, 4) is 0 Å². The Balaban J connectivity index is 3.78. The molecule has 0 aliphatic heterocycles. The fourth-order valence-corrected chi connectivity index (χ4v) is 2.32. The fraction of sp³-hybridized carbons (Fsp3) is 0.909. The lowest BCUT2D eigenvalue weighted by atomic mass is 10.0. The van der Waals surface area contributed by atoms with Crippen LogP contribution in [0.3, 0.4) is 0 Å². The van der Waals surface area contributed by atoms with Gasteiger partial charge in [-0.25, -0.2) is 9.44 Å². The summed E-state index contributed by atoms with van der Waals surface area (Å²) < 4.78 is 27.8. The van der Waals surface area contributed by atoms with Gasteiger partial charge in [-0.1, -0.05) is 20.8 Å². The molecule has 0 amide bonds. The van der Waals surface area contributed by atoms with Crippen LogP contribution in [0.15, 0.2) is 0 Å². The van der Waals surface area contributed by atoms with Gasteiger partial charge in [0, 0.05) is 19.5 Å². The maximum Gasteiger partial charge on any atom is 0.303 e. The van der Waals surface area contributed by atoms with Gasteiger partial charge in [-0.15, -0.1) is 0 Å². The molecule has 0 radical (unpaired) electrons. The smallest absolute Gasteiger partial charge is 0.303 e. The highest BCUT2D eigenvalue weighted by atomic mass is 32.2. The van der Waals surface area contributed by atoms with Gasteiger partial charge < -0.3 is 5.11 Å². The fourth-order valence-electron chi connectivity index (χ4n) is 1.28. The van der Waals surface area contributed by atoms with Crippen LogP contribution >= 0.6 is 0 Å². The maximum atomic E-state index is 11.5. The number of rotatable bonds is 10. The van der Waals surface area contributed by atoms with Gasteiger partial charge in [0.2, 0.25) is 0 Å². The van der Waals surface area contributed by atoms with Gasteiger partial charge >= 0.3 is 5.97 Å². The molecule has 0 aliphatic rings. The van der Waals surface area contributed by atoms with E-state index in [2.05, 4.69) is 9.44 Å². The molecular weight excluding hydrogens is 256 g/mol. The molecule has 1 unspecified atom stereocenters. The molecule has 108 valence electrons. The Morgan fingerprint density at radius 1 is 1.17 bits per heavy atom. The van der Waals surface area contributed by atoms with E-state index >= 15 is 0 Å². The molecule has 6 nitrogen and oxygen atoms in total. The number of carbonyl (C=O) groups is 1. The van der Waals surface area contributed by atoms with E-state index in [1.807, 2.05) is 20.8 Å². The molecule has 18 heavy (non-hydrogen) atoms. The number of carboxylic acids is 1. The van der Waals surface area contributed by atoms with E-state index in [1.54, 1.807) is 0 Å². The van der Waals surface area contributed by atoms with Gasteiger partial charge in [0.25, 0.3) is 10.2 Å². The Kier molecular flexibility index (Phi) is 8.13. The van der Waals surface area contributed by atoms with E-state index in [0.717, 1.165) is 0 Å². The Morgan fingerprint density at radius 3 is 2.28 bits per heavy atom. The summed E-state index contributed by atoms with van der Waals surface area (Å²) in [6, 6.07) is 0. The van der Waals surface area contributed by atoms with Crippen molar-refractivity contribution in [1.29, 1.82) is 0 Å². The van der Waals surface area contributed by atoms with Crippen LogP contribution < -0.4 is 9.44 Å². The van der Waals surface area contributed by atoms with Gasteiger partial charge in [0.05, 0.1) is 0 Å². The minimum atomic E-state index is -3.42. The van der Waals surface area contributed by atoms with E-state index in [4.69, 9.17) is 5.11 Å². The van der Waals surface area contributed by atoms with Crippen LogP contribution in [-0.2, 0) is 15.0 Å². The molecule has 0 spiro atoms. The Hall–Kier alpha value is -0.660. The van der Waals surface area contributed by atoms with E-state index in [-0.39, 0.29) is 18.3 Å². The monoisotopic (exact) mass is 280 g/mol. The Labute approximate surface area is 109 Å². The third-order valence-electron chi connectivity index (χ3n) is 2.46. The lowest BCUT2D eigenvalue weighted by Gasteiger charge is -2.12. The molecule has 0 aromatic carbocycles. The summed E-state index contributed by atoms with van der Waals surface area (Å²) in [6.07, 6.45) is 1.33. The molecule has 0 rings (SSSR count). The SMILES string of the molecule is CC(C)CNS(=O)(=O)NCCC(C)CCC(=O)O. The van der Waals surface area contributed by atoms with Gasteiger partial charge in [0.15, 0.2) is 0 Å². The summed E-state index contributed by atoms with van der Waals surface area (Å²) >= 11 is 0. The van der Waals surface area contributed by atoms with Crippen LogP contribution in [0.4, 0.5) is 0 Å². The van der Waals surface area contributed by atoms with Crippen LogP contribution in [0.1, 0.15) is 40.0 Å². The zero-order valence-corrected chi connectivity index (χ0v) is 12.1. The molecule has 0 aromatic rings.